The first-order valence-corrected chi connectivity index (χ1v) is 8.52. The van der Waals surface area contributed by atoms with Crippen molar-refractivity contribution in [2.45, 2.75) is 33.1 Å². The molecule has 120 valence electrons. The highest BCUT2D eigenvalue weighted by Crippen LogP contribution is 2.27. The van der Waals surface area contributed by atoms with E-state index in [1.807, 2.05) is 6.92 Å². The van der Waals surface area contributed by atoms with E-state index in [1.54, 1.807) is 6.07 Å². The molecule has 0 saturated carbocycles. The Balaban J connectivity index is 2.30. The zero-order chi connectivity index (χ0) is 16.1. The number of hydrogen-bond donors (Lipinski definition) is 2. The molecule has 1 aliphatic rings. The maximum atomic E-state index is 13.2. The molecule has 0 spiro atoms. The van der Waals surface area contributed by atoms with Gasteiger partial charge in [0, 0.05) is 11.6 Å². The van der Waals surface area contributed by atoms with Crippen molar-refractivity contribution in [1.82, 2.24) is 5.32 Å². The molecular weight excluding hydrogens is 345 g/mol. The van der Waals surface area contributed by atoms with Gasteiger partial charge in [0.1, 0.15) is 5.82 Å². The lowest BCUT2D eigenvalue weighted by atomic mass is 9.94. The number of aliphatic imine (C=N–C) groups is 1. The summed E-state index contributed by atoms with van der Waals surface area (Å²) in [5.74, 6) is 0.153. The topological polar surface area (TPSA) is 50.4 Å². The Labute approximate surface area is 140 Å². The van der Waals surface area contributed by atoms with E-state index >= 15 is 0 Å². The van der Waals surface area contributed by atoms with Crippen LogP contribution in [0, 0.1) is 18.7 Å². The van der Waals surface area contributed by atoms with Gasteiger partial charge in [0.05, 0.1) is 15.9 Å². The van der Waals surface area contributed by atoms with Crippen LogP contribution in [0.1, 0.15) is 31.7 Å². The molecule has 0 aromatic heterocycles. The molecule has 2 rings (SSSR count). The molecule has 0 radical (unpaired) electrons. The van der Waals surface area contributed by atoms with Crippen molar-refractivity contribution in [3.63, 3.8) is 0 Å². The first kappa shape index (κ1) is 17.2. The average molecular weight is 368 g/mol. The molecule has 22 heavy (non-hydrogen) atoms. The predicted octanol–water partition coefficient (Wildman–Crippen LogP) is 4.18. The molecule has 0 atom stereocenters. The Hall–Kier alpha value is -1.20. The third-order valence-electron chi connectivity index (χ3n) is 4.03. The Bertz CT molecular complexity index is 590. The maximum Gasteiger partial charge on any atom is 0.123 e. The maximum absolute atomic E-state index is 13.2. The Morgan fingerprint density at radius 2 is 2.09 bits per heavy atom. The summed E-state index contributed by atoms with van der Waals surface area (Å²) in [6, 6.07) is 4.65. The Morgan fingerprint density at radius 3 is 2.68 bits per heavy atom. The summed E-state index contributed by atoms with van der Waals surface area (Å²) < 4.78 is 14.1. The minimum Gasteiger partial charge on any atom is -0.401 e. The van der Waals surface area contributed by atoms with Gasteiger partial charge in [-0.25, -0.2) is 4.39 Å². The van der Waals surface area contributed by atoms with E-state index in [-0.39, 0.29) is 5.82 Å². The molecular formula is C17H23BrFN3. The van der Waals surface area contributed by atoms with E-state index in [4.69, 9.17) is 5.73 Å². The number of nitrogens with one attached hydrogen (secondary N) is 1. The fourth-order valence-electron chi connectivity index (χ4n) is 2.65. The SMILES string of the molecule is CCC(=Nc1ccc(F)cc1C)/C(Br)=C(\N)C1CCNCC1. The van der Waals surface area contributed by atoms with E-state index in [0.29, 0.717) is 5.92 Å². The van der Waals surface area contributed by atoms with Crippen molar-refractivity contribution in [2.24, 2.45) is 16.6 Å². The van der Waals surface area contributed by atoms with Crippen LogP contribution in [0.15, 0.2) is 33.4 Å². The molecule has 5 heteroatoms. The summed E-state index contributed by atoms with van der Waals surface area (Å²) >= 11 is 3.63. The van der Waals surface area contributed by atoms with E-state index < -0.39 is 0 Å². The van der Waals surface area contributed by atoms with Crippen LogP contribution in [-0.2, 0) is 0 Å². The zero-order valence-corrected chi connectivity index (χ0v) is 14.7. The van der Waals surface area contributed by atoms with E-state index in [9.17, 15) is 4.39 Å². The minimum atomic E-state index is -0.238. The van der Waals surface area contributed by atoms with Crippen molar-refractivity contribution in [3.8, 4) is 0 Å². The number of nitrogens with two attached hydrogens (primary N) is 1. The number of benzene rings is 1. The van der Waals surface area contributed by atoms with Crippen LogP contribution in [0.2, 0.25) is 0 Å². The van der Waals surface area contributed by atoms with Crippen molar-refractivity contribution < 1.29 is 4.39 Å². The second kappa shape index (κ2) is 7.88. The van der Waals surface area contributed by atoms with E-state index in [0.717, 1.165) is 59.5 Å². The van der Waals surface area contributed by atoms with Crippen LogP contribution in [0.25, 0.3) is 0 Å². The van der Waals surface area contributed by atoms with Crippen LogP contribution < -0.4 is 11.1 Å². The summed E-state index contributed by atoms with van der Waals surface area (Å²) in [7, 11) is 0. The highest BCUT2D eigenvalue weighted by molar-refractivity contribution is 9.12. The Morgan fingerprint density at radius 1 is 1.41 bits per heavy atom. The number of nitrogens with zero attached hydrogens (tertiary/aromatic N) is 1. The normalized spacial score (nSPS) is 18.3. The van der Waals surface area contributed by atoms with Gasteiger partial charge in [-0.15, -0.1) is 0 Å². The first-order valence-electron chi connectivity index (χ1n) is 7.72. The molecule has 1 aromatic carbocycles. The van der Waals surface area contributed by atoms with Crippen LogP contribution >= 0.6 is 15.9 Å². The molecule has 0 bridgehead atoms. The number of piperidine rings is 1. The summed E-state index contributed by atoms with van der Waals surface area (Å²) in [5.41, 5.74) is 9.74. The zero-order valence-electron chi connectivity index (χ0n) is 13.1. The van der Waals surface area contributed by atoms with Crippen molar-refractivity contribution in [2.75, 3.05) is 13.1 Å². The van der Waals surface area contributed by atoms with E-state index in [2.05, 4.69) is 33.2 Å². The second-order valence-electron chi connectivity index (χ2n) is 5.64. The van der Waals surface area contributed by atoms with Crippen LogP contribution in [0.3, 0.4) is 0 Å². The van der Waals surface area contributed by atoms with Crippen molar-refractivity contribution >= 4 is 27.3 Å². The number of aryl methyl sites for hydroxylation is 1. The van der Waals surface area contributed by atoms with Gasteiger partial charge < -0.3 is 11.1 Å². The number of allylic oxidation sites excluding steroid dienone is 2. The molecule has 1 fully saturated rings. The van der Waals surface area contributed by atoms with Crippen LogP contribution in [0.4, 0.5) is 10.1 Å². The lowest BCUT2D eigenvalue weighted by Gasteiger charge is -2.24. The molecule has 3 N–H and O–H groups in total. The highest BCUT2D eigenvalue weighted by Gasteiger charge is 2.19. The fourth-order valence-corrected chi connectivity index (χ4v) is 3.34. The largest absolute Gasteiger partial charge is 0.401 e. The Kier molecular flexibility index (Phi) is 6.15. The highest BCUT2D eigenvalue weighted by atomic mass is 79.9. The molecule has 0 unspecified atom stereocenters. The molecule has 0 aliphatic carbocycles. The predicted molar refractivity (Wildman–Crippen MR) is 94.3 cm³/mol. The van der Waals surface area contributed by atoms with Gasteiger partial charge in [0.2, 0.25) is 0 Å². The summed E-state index contributed by atoms with van der Waals surface area (Å²) in [5, 5.41) is 3.35. The third-order valence-corrected chi connectivity index (χ3v) is 4.95. The summed E-state index contributed by atoms with van der Waals surface area (Å²) in [6.45, 7) is 5.92. The van der Waals surface area contributed by atoms with Gasteiger partial charge in [0.25, 0.3) is 0 Å². The standard InChI is InChI=1S/C17H23BrFN3/c1-3-14(22-15-5-4-13(19)10-11(15)2)16(18)17(20)12-6-8-21-9-7-12/h4-5,10,12,21H,3,6-9,20H2,1-2H3/b17-16+,22-14?. The van der Waals surface area contributed by atoms with Gasteiger partial charge in [0.15, 0.2) is 0 Å². The quantitative estimate of drug-likeness (QED) is 0.784. The van der Waals surface area contributed by atoms with Crippen molar-refractivity contribution in [1.29, 1.82) is 0 Å². The van der Waals surface area contributed by atoms with Crippen LogP contribution in [0.5, 0.6) is 0 Å². The third kappa shape index (κ3) is 4.17. The van der Waals surface area contributed by atoms with Gasteiger partial charge >= 0.3 is 0 Å². The van der Waals surface area contributed by atoms with Gasteiger partial charge in [-0.3, -0.25) is 4.99 Å². The van der Waals surface area contributed by atoms with Gasteiger partial charge in [-0.05, 0) is 79.0 Å². The number of halogens is 2. The summed E-state index contributed by atoms with van der Waals surface area (Å²) in [4.78, 5) is 4.68. The van der Waals surface area contributed by atoms with E-state index in [1.165, 1.54) is 12.1 Å². The molecule has 0 amide bonds. The van der Waals surface area contributed by atoms with Gasteiger partial charge in [-0.1, -0.05) is 6.92 Å². The molecule has 1 aliphatic heterocycles. The first-order chi connectivity index (χ1) is 10.5. The lowest BCUT2D eigenvalue weighted by Crippen LogP contribution is -2.31. The smallest absolute Gasteiger partial charge is 0.123 e. The monoisotopic (exact) mass is 367 g/mol. The van der Waals surface area contributed by atoms with Crippen molar-refractivity contribution in [3.05, 3.63) is 39.8 Å². The average Bonchev–Trinajstić information content (AvgIpc) is 2.54. The fraction of sp³-hybridized carbons (Fsp3) is 0.471. The number of rotatable bonds is 4. The summed E-state index contributed by atoms with van der Waals surface area (Å²) in [6.07, 6.45) is 2.87. The second-order valence-corrected chi connectivity index (χ2v) is 6.43. The molecule has 3 nitrogen and oxygen atoms in total. The lowest BCUT2D eigenvalue weighted by molar-refractivity contribution is 0.417. The molecule has 1 aromatic rings. The number of hydrogen-bond acceptors (Lipinski definition) is 3. The van der Waals surface area contributed by atoms with Crippen LogP contribution in [-0.4, -0.2) is 18.8 Å². The van der Waals surface area contributed by atoms with Gasteiger partial charge in [-0.2, -0.15) is 0 Å². The molecule has 1 saturated heterocycles. The molecule has 1 heterocycles. The minimum absolute atomic E-state index is 0.238.